The highest BCUT2D eigenvalue weighted by Crippen LogP contribution is 2.56. The zero-order valence-corrected chi connectivity index (χ0v) is 10.6. The average Bonchev–Trinajstić information content (AvgIpc) is 2.78. The lowest BCUT2D eigenvalue weighted by Gasteiger charge is -2.23. The maximum Gasteiger partial charge on any atom is 0.443 e. The van der Waals surface area contributed by atoms with Gasteiger partial charge in [0.25, 0.3) is 0 Å². The van der Waals surface area contributed by atoms with Crippen LogP contribution in [-0.4, -0.2) is 17.5 Å². The first-order chi connectivity index (χ1) is 8.28. The number of carbonyl (C=O) groups is 1. The lowest BCUT2D eigenvalue weighted by atomic mass is 10.4. The van der Waals surface area contributed by atoms with Gasteiger partial charge in [-0.25, -0.2) is 4.98 Å². The van der Waals surface area contributed by atoms with E-state index in [-0.39, 0.29) is 16.2 Å². The molecule has 0 aliphatic carbocycles. The second kappa shape index (κ2) is 4.96. The molecule has 0 aliphatic heterocycles. The van der Waals surface area contributed by atoms with Gasteiger partial charge in [-0.15, -0.1) is 11.3 Å². The number of aromatic nitrogens is 1. The van der Waals surface area contributed by atoms with E-state index in [9.17, 15) is 18.0 Å². The first-order valence-electron chi connectivity index (χ1n) is 4.35. The molecule has 0 aliphatic rings. The van der Waals surface area contributed by atoms with Crippen molar-refractivity contribution in [2.24, 2.45) is 0 Å². The molecule has 9 heteroatoms. The lowest BCUT2D eigenvalue weighted by Crippen LogP contribution is -2.06. The summed E-state index contributed by atoms with van der Waals surface area (Å²) in [6.07, 6.45) is -2.09. The van der Waals surface area contributed by atoms with Gasteiger partial charge in [0, 0.05) is 11.1 Å². The molecule has 1 rings (SSSR count). The number of nitriles is 2. The molecular weight excluding hydrogens is 287 g/mol. The van der Waals surface area contributed by atoms with Crippen molar-refractivity contribution in [3.63, 3.8) is 0 Å². The minimum absolute atomic E-state index is 0.0158. The van der Waals surface area contributed by atoms with Crippen LogP contribution >= 0.6 is 21.4 Å². The van der Waals surface area contributed by atoms with Crippen LogP contribution < -0.4 is 0 Å². The molecule has 0 spiro atoms. The van der Waals surface area contributed by atoms with E-state index in [2.05, 4.69) is 4.98 Å². The summed E-state index contributed by atoms with van der Waals surface area (Å²) in [4.78, 5) is 14.1. The van der Waals surface area contributed by atoms with Crippen LogP contribution in [-0.2, 0) is 11.0 Å². The molecule has 4 nitrogen and oxygen atoms in total. The number of hydrogen-bond donors (Lipinski definition) is 0. The Morgan fingerprint density at radius 1 is 1.50 bits per heavy atom. The van der Waals surface area contributed by atoms with Crippen LogP contribution in [0.1, 0.15) is 15.1 Å². The number of carbonyl (C=O) groups excluding carboxylic acids is 1. The first kappa shape index (κ1) is 14.5. The van der Waals surface area contributed by atoms with Crippen LogP contribution in [0.4, 0.5) is 13.2 Å². The highest BCUT2D eigenvalue weighted by atomic mass is 32.3. The second-order valence-corrected chi connectivity index (χ2v) is 7.19. The Labute approximate surface area is 106 Å². The third-order valence-corrected chi connectivity index (χ3v) is 5.47. The normalized spacial score (nSPS) is 14.3. The fourth-order valence-electron chi connectivity index (χ4n) is 1.09. The van der Waals surface area contributed by atoms with Gasteiger partial charge in [0.1, 0.15) is 22.3 Å². The summed E-state index contributed by atoms with van der Waals surface area (Å²) in [6.45, 7) is 0. The van der Waals surface area contributed by atoms with Gasteiger partial charge in [0.2, 0.25) is 0 Å². The molecule has 0 bridgehead atoms. The molecule has 1 heterocycles. The molecule has 0 radical (unpaired) electrons. The van der Waals surface area contributed by atoms with Crippen molar-refractivity contribution < 1.29 is 18.0 Å². The van der Waals surface area contributed by atoms with Gasteiger partial charge in [-0.2, -0.15) is 23.7 Å². The van der Waals surface area contributed by atoms with E-state index in [0.29, 0.717) is 6.29 Å². The molecule has 1 atom stereocenters. The van der Waals surface area contributed by atoms with Crippen LogP contribution in [0.15, 0.2) is 6.20 Å². The third-order valence-electron chi connectivity index (χ3n) is 2.06. The van der Waals surface area contributed by atoms with Crippen molar-refractivity contribution in [3.8, 4) is 10.8 Å². The highest BCUT2D eigenvalue weighted by Gasteiger charge is 2.38. The maximum absolute atomic E-state index is 12.4. The van der Waals surface area contributed by atoms with Gasteiger partial charge in [-0.05, 0) is 6.26 Å². The van der Waals surface area contributed by atoms with E-state index in [1.165, 1.54) is 6.26 Å². The number of nitrogens with zero attached hydrogens (tertiary/aromatic N) is 3. The summed E-state index contributed by atoms with van der Waals surface area (Å²) in [6, 6.07) is 0. The van der Waals surface area contributed by atoms with Crippen molar-refractivity contribution in [2.75, 3.05) is 6.26 Å². The molecule has 1 aromatic heterocycles. The molecule has 0 N–H and O–H groups in total. The molecule has 18 heavy (non-hydrogen) atoms. The van der Waals surface area contributed by atoms with Gasteiger partial charge in [-0.3, -0.25) is 0 Å². The number of hydrogen-bond acceptors (Lipinski definition) is 5. The Bertz CT molecular complexity index is 526. The summed E-state index contributed by atoms with van der Waals surface area (Å²) in [5, 5.41) is 18.9. The van der Waals surface area contributed by atoms with Gasteiger partial charge in [0.05, 0.1) is 0 Å². The fraction of sp³-hybridized carbons (Fsp3) is 0.333. The second-order valence-electron chi connectivity index (χ2n) is 3.29. The van der Waals surface area contributed by atoms with Gasteiger partial charge < -0.3 is 4.79 Å². The Morgan fingerprint density at radius 3 is 2.39 bits per heavy atom. The van der Waals surface area contributed by atoms with Crippen molar-refractivity contribution in [1.82, 2.24) is 4.98 Å². The van der Waals surface area contributed by atoms with Gasteiger partial charge >= 0.3 is 6.18 Å². The molecule has 0 fully saturated rings. The molecular formula is C9H6F3N3OS2. The van der Waals surface area contributed by atoms with E-state index >= 15 is 0 Å². The highest BCUT2D eigenvalue weighted by molar-refractivity contribution is 8.41. The lowest BCUT2D eigenvalue weighted by molar-refractivity contribution is -0.137. The monoisotopic (exact) mass is 293 g/mol. The minimum atomic E-state index is -4.60. The van der Waals surface area contributed by atoms with Crippen LogP contribution in [0.25, 0.3) is 0 Å². The summed E-state index contributed by atoms with van der Waals surface area (Å²) >= 11 is 0.281. The van der Waals surface area contributed by atoms with Crippen molar-refractivity contribution >= 4 is 27.7 Å². The van der Waals surface area contributed by atoms with E-state index in [1.807, 2.05) is 0 Å². The fourth-order valence-corrected chi connectivity index (χ4v) is 3.55. The number of halogens is 3. The SMILES string of the molecule is CS(C#N)(C#N)C(C=O)c1cnc(C(F)(F)F)s1. The molecule has 1 unspecified atom stereocenters. The molecule has 0 aromatic carbocycles. The predicted octanol–water partition coefficient (Wildman–Crippen LogP) is 2.80. The van der Waals surface area contributed by atoms with Crippen molar-refractivity contribution in [2.45, 2.75) is 11.4 Å². The zero-order valence-electron chi connectivity index (χ0n) is 8.93. The smallest absolute Gasteiger partial charge is 0.302 e. The molecule has 0 saturated carbocycles. The average molecular weight is 293 g/mol. The van der Waals surface area contributed by atoms with Crippen molar-refractivity contribution in [1.29, 1.82) is 10.5 Å². The van der Waals surface area contributed by atoms with Crippen LogP contribution in [0.5, 0.6) is 0 Å². The van der Waals surface area contributed by atoms with Crippen LogP contribution in [0, 0.1) is 21.3 Å². The zero-order chi connectivity index (χ0) is 14.0. The summed E-state index contributed by atoms with van der Waals surface area (Å²) in [5.41, 5.74) is 0. The molecule has 1 aromatic rings. The number of alkyl halides is 3. The summed E-state index contributed by atoms with van der Waals surface area (Å²) in [7, 11) is -2.64. The van der Waals surface area contributed by atoms with E-state index in [4.69, 9.17) is 10.5 Å². The summed E-state index contributed by atoms with van der Waals surface area (Å²) in [5.74, 6) is 0. The van der Waals surface area contributed by atoms with Crippen LogP contribution in [0.3, 0.4) is 0 Å². The standard InChI is InChI=1S/C9H6F3N3OS2/c1-18(4-13,5-14)7(3-16)6-2-15-8(17-6)9(10,11)12/h2-3,7H,1H3. The Balaban J connectivity index is 3.21. The number of aldehydes is 1. The minimum Gasteiger partial charge on any atom is -0.302 e. The Kier molecular flexibility index (Phi) is 3.99. The largest absolute Gasteiger partial charge is 0.443 e. The summed E-state index contributed by atoms with van der Waals surface area (Å²) < 4.78 is 37.1. The Morgan fingerprint density at radius 2 is 2.06 bits per heavy atom. The number of thiazole rings is 1. The van der Waals surface area contributed by atoms with Gasteiger partial charge in [-0.1, -0.05) is 10.0 Å². The third kappa shape index (κ3) is 2.63. The van der Waals surface area contributed by atoms with Crippen molar-refractivity contribution in [3.05, 3.63) is 16.1 Å². The Hall–Kier alpha value is -1.58. The number of rotatable bonds is 3. The topological polar surface area (TPSA) is 77.5 Å². The molecule has 96 valence electrons. The van der Waals surface area contributed by atoms with Crippen LogP contribution in [0.2, 0.25) is 0 Å². The van der Waals surface area contributed by atoms with E-state index in [0.717, 1.165) is 6.20 Å². The number of thiocyanates is 2. The quantitative estimate of drug-likeness (QED) is 0.634. The van der Waals surface area contributed by atoms with Gasteiger partial charge in [0.15, 0.2) is 5.01 Å². The molecule has 0 saturated heterocycles. The first-order valence-corrected chi connectivity index (χ1v) is 7.27. The predicted molar refractivity (Wildman–Crippen MR) is 60.7 cm³/mol. The van der Waals surface area contributed by atoms with E-state index < -0.39 is 26.5 Å². The molecule has 0 amide bonds. The van der Waals surface area contributed by atoms with E-state index in [1.54, 1.807) is 10.8 Å². The maximum atomic E-state index is 12.4.